The Bertz CT molecular complexity index is 1200. The number of hydrogen-bond acceptors (Lipinski definition) is 5. The number of rotatable bonds is 5. The van der Waals surface area contributed by atoms with Gasteiger partial charge in [0.1, 0.15) is 6.67 Å². The van der Waals surface area contributed by atoms with Crippen molar-refractivity contribution in [1.29, 1.82) is 0 Å². The zero-order chi connectivity index (χ0) is 23.3. The van der Waals surface area contributed by atoms with E-state index in [1.807, 2.05) is 24.3 Å². The summed E-state index contributed by atoms with van der Waals surface area (Å²) in [5, 5.41) is 0. The van der Waals surface area contributed by atoms with E-state index in [0.717, 1.165) is 35.7 Å². The van der Waals surface area contributed by atoms with Crippen LogP contribution in [-0.4, -0.2) is 47.9 Å². The molecule has 4 rings (SSSR count). The molecular weight excluding hydrogens is 446 g/mol. The maximum absolute atomic E-state index is 13.6. The zero-order valence-electron chi connectivity index (χ0n) is 19.0. The first kappa shape index (κ1) is 23.1. The van der Waals surface area contributed by atoms with Gasteiger partial charge in [0.05, 0.1) is 21.2 Å². The quantitative estimate of drug-likeness (QED) is 0.653. The van der Waals surface area contributed by atoms with Gasteiger partial charge in [-0.25, -0.2) is 25.4 Å². The summed E-state index contributed by atoms with van der Waals surface area (Å²) in [7, 11) is -4.58. The lowest BCUT2D eigenvalue weighted by Crippen LogP contribution is -2.43. The zero-order valence-corrected chi connectivity index (χ0v) is 20.7. The van der Waals surface area contributed by atoms with E-state index < -0.39 is 20.0 Å². The van der Waals surface area contributed by atoms with Crippen molar-refractivity contribution < 1.29 is 16.8 Å². The fourth-order valence-corrected chi connectivity index (χ4v) is 6.87. The third kappa shape index (κ3) is 4.02. The van der Waals surface area contributed by atoms with Gasteiger partial charge in [-0.3, -0.25) is 0 Å². The number of anilines is 2. The Kier molecular flexibility index (Phi) is 5.80. The van der Waals surface area contributed by atoms with Crippen LogP contribution in [0.1, 0.15) is 39.5 Å². The Balaban J connectivity index is 1.65. The van der Waals surface area contributed by atoms with Gasteiger partial charge in [-0.1, -0.05) is 26.0 Å². The molecule has 0 atom stereocenters. The molecule has 1 saturated carbocycles. The molecule has 0 spiro atoms. The molecule has 2 aromatic carbocycles. The highest BCUT2D eigenvalue weighted by Gasteiger charge is 2.39. The van der Waals surface area contributed by atoms with Crippen LogP contribution in [-0.2, 0) is 20.0 Å². The van der Waals surface area contributed by atoms with Crippen LogP contribution in [0, 0.1) is 5.41 Å². The molecular formula is C23H31N3O4S2. The Hall–Kier alpha value is -2.10. The van der Waals surface area contributed by atoms with Crippen molar-refractivity contribution in [2.45, 2.75) is 55.4 Å². The van der Waals surface area contributed by atoms with Crippen LogP contribution in [0.3, 0.4) is 0 Å². The average Bonchev–Trinajstić information content (AvgIpc) is 3.14. The predicted octanol–water partition coefficient (Wildman–Crippen LogP) is 3.88. The second kappa shape index (κ2) is 8.04. The molecule has 2 aromatic rings. The third-order valence-electron chi connectivity index (χ3n) is 6.68. The van der Waals surface area contributed by atoms with E-state index in [4.69, 9.17) is 0 Å². The lowest BCUT2D eigenvalue weighted by atomic mass is 9.75. The molecule has 7 nitrogen and oxygen atoms in total. The van der Waals surface area contributed by atoms with E-state index in [-0.39, 0.29) is 16.5 Å². The lowest BCUT2D eigenvalue weighted by Gasteiger charge is -2.39. The monoisotopic (exact) mass is 477 g/mol. The minimum absolute atomic E-state index is 0.0646. The second-order valence-corrected chi connectivity index (χ2v) is 13.6. The van der Waals surface area contributed by atoms with Gasteiger partial charge in [0.2, 0.25) is 10.0 Å². The van der Waals surface area contributed by atoms with Gasteiger partial charge in [0.25, 0.3) is 10.0 Å². The highest BCUT2D eigenvalue weighted by atomic mass is 32.2. The standard InChI is InChI=1S/C23H31N3O4S2/c1-23(2)15-13-18(14-16-23)25-17-26(22-8-6-5-7-21(22)25)32(29,30)20-11-9-19(10-12-20)31(27,28)24(3)4/h5-12,18H,13-17H2,1-4H3. The maximum Gasteiger partial charge on any atom is 0.265 e. The van der Waals surface area contributed by atoms with Gasteiger partial charge in [0, 0.05) is 20.1 Å². The summed E-state index contributed by atoms with van der Waals surface area (Å²) in [6.45, 7) is 4.85. The van der Waals surface area contributed by atoms with Crippen LogP contribution in [0.2, 0.25) is 0 Å². The van der Waals surface area contributed by atoms with Crippen LogP contribution in [0.4, 0.5) is 11.4 Å². The van der Waals surface area contributed by atoms with Gasteiger partial charge >= 0.3 is 0 Å². The molecule has 0 N–H and O–H groups in total. The van der Waals surface area contributed by atoms with Crippen LogP contribution in [0.25, 0.3) is 0 Å². The molecule has 174 valence electrons. The molecule has 1 fully saturated rings. The van der Waals surface area contributed by atoms with Crippen molar-refractivity contribution >= 4 is 31.4 Å². The van der Waals surface area contributed by atoms with Gasteiger partial charge in [-0.05, 0) is 67.5 Å². The number of nitrogens with zero attached hydrogens (tertiary/aromatic N) is 3. The van der Waals surface area contributed by atoms with E-state index in [0.29, 0.717) is 17.1 Å². The van der Waals surface area contributed by atoms with Crippen LogP contribution in [0.15, 0.2) is 58.3 Å². The fourth-order valence-electron chi connectivity index (χ4n) is 4.54. The molecule has 2 aliphatic rings. The number of sulfonamides is 2. The number of hydrogen-bond donors (Lipinski definition) is 0. The first-order valence-electron chi connectivity index (χ1n) is 10.8. The molecule has 0 radical (unpaired) electrons. The first-order valence-corrected chi connectivity index (χ1v) is 13.7. The summed E-state index contributed by atoms with van der Waals surface area (Å²) in [6.07, 6.45) is 4.30. The van der Waals surface area contributed by atoms with Crippen molar-refractivity contribution in [3.63, 3.8) is 0 Å². The number of para-hydroxylation sites is 2. The van der Waals surface area contributed by atoms with Crippen molar-refractivity contribution in [2.24, 2.45) is 5.41 Å². The minimum atomic E-state index is -3.85. The SMILES string of the molecule is CN(C)S(=O)(=O)c1ccc(S(=O)(=O)N2CN(C3CCC(C)(C)CC3)c3ccccc32)cc1. The van der Waals surface area contributed by atoms with Gasteiger partial charge in [0.15, 0.2) is 0 Å². The summed E-state index contributed by atoms with van der Waals surface area (Å²) in [6, 6.07) is 13.4. The van der Waals surface area contributed by atoms with E-state index in [1.54, 1.807) is 0 Å². The molecule has 9 heteroatoms. The molecule has 0 aromatic heterocycles. The Labute approximate surface area is 191 Å². The van der Waals surface area contributed by atoms with E-state index in [9.17, 15) is 16.8 Å². The number of benzene rings is 2. The van der Waals surface area contributed by atoms with Gasteiger partial charge in [-0.2, -0.15) is 0 Å². The van der Waals surface area contributed by atoms with E-state index in [1.165, 1.54) is 42.7 Å². The minimum Gasteiger partial charge on any atom is -0.348 e. The van der Waals surface area contributed by atoms with Crippen molar-refractivity contribution in [3.8, 4) is 0 Å². The molecule has 1 aliphatic carbocycles. The lowest BCUT2D eigenvalue weighted by molar-refractivity contribution is 0.221. The maximum atomic E-state index is 13.6. The molecule has 1 heterocycles. The molecule has 32 heavy (non-hydrogen) atoms. The fraction of sp³-hybridized carbons (Fsp3) is 0.478. The second-order valence-electron chi connectivity index (χ2n) is 9.61. The van der Waals surface area contributed by atoms with Crippen LogP contribution in [0.5, 0.6) is 0 Å². The molecule has 0 bridgehead atoms. The normalized spacial score (nSPS) is 19.4. The smallest absolute Gasteiger partial charge is 0.265 e. The molecule has 1 aliphatic heterocycles. The highest BCUT2D eigenvalue weighted by molar-refractivity contribution is 7.93. The van der Waals surface area contributed by atoms with E-state index in [2.05, 4.69) is 18.7 Å². The summed E-state index contributed by atoms with van der Waals surface area (Å²) in [5.74, 6) is 0. The summed E-state index contributed by atoms with van der Waals surface area (Å²) >= 11 is 0. The Morgan fingerprint density at radius 3 is 1.94 bits per heavy atom. The van der Waals surface area contributed by atoms with Crippen molar-refractivity contribution in [3.05, 3.63) is 48.5 Å². The topological polar surface area (TPSA) is 78.0 Å². The predicted molar refractivity (Wildman–Crippen MR) is 127 cm³/mol. The molecule has 0 saturated heterocycles. The largest absolute Gasteiger partial charge is 0.348 e. The van der Waals surface area contributed by atoms with Crippen LogP contribution >= 0.6 is 0 Å². The first-order chi connectivity index (χ1) is 14.9. The Morgan fingerprint density at radius 1 is 0.844 bits per heavy atom. The highest BCUT2D eigenvalue weighted by Crippen LogP contribution is 2.44. The average molecular weight is 478 g/mol. The number of fused-ring (bicyclic) bond motifs is 1. The summed E-state index contributed by atoms with van der Waals surface area (Å²) in [5.41, 5.74) is 1.94. The van der Waals surface area contributed by atoms with Crippen molar-refractivity contribution in [1.82, 2.24) is 4.31 Å². The van der Waals surface area contributed by atoms with Crippen LogP contribution < -0.4 is 9.21 Å². The summed E-state index contributed by atoms with van der Waals surface area (Å²) < 4.78 is 54.3. The molecule has 0 unspecified atom stereocenters. The Morgan fingerprint density at radius 2 is 1.38 bits per heavy atom. The summed E-state index contributed by atoms with van der Waals surface area (Å²) in [4.78, 5) is 2.36. The van der Waals surface area contributed by atoms with E-state index >= 15 is 0 Å². The van der Waals surface area contributed by atoms with Gasteiger partial charge < -0.3 is 4.90 Å². The molecule has 0 amide bonds. The van der Waals surface area contributed by atoms with Crippen molar-refractivity contribution in [2.75, 3.05) is 30.0 Å². The third-order valence-corrected chi connectivity index (χ3v) is 10.3. The van der Waals surface area contributed by atoms with Gasteiger partial charge in [-0.15, -0.1) is 0 Å².